The zero-order valence-corrected chi connectivity index (χ0v) is 12.3. The van der Waals surface area contributed by atoms with Crippen molar-refractivity contribution in [3.8, 4) is 28.8 Å². The minimum Gasteiger partial charge on any atom is -0.486 e. The molecular weight excluding hydrogens is 312 g/mol. The largest absolute Gasteiger partial charge is 0.486 e. The number of rotatable bonds is 2. The van der Waals surface area contributed by atoms with Crippen LogP contribution in [0.5, 0.6) is 11.5 Å². The predicted molar refractivity (Wildman–Crippen MR) is 83.0 cm³/mol. The molecule has 1 aliphatic heterocycles. The highest BCUT2D eigenvalue weighted by atomic mass is 16.6. The number of fused-ring (bicyclic) bond motifs is 2. The van der Waals surface area contributed by atoms with Gasteiger partial charge in [0.1, 0.15) is 30.6 Å². The molecule has 2 aromatic heterocycles. The summed E-state index contributed by atoms with van der Waals surface area (Å²) in [4.78, 5) is 14.9. The van der Waals surface area contributed by atoms with E-state index in [-0.39, 0.29) is 11.4 Å². The van der Waals surface area contributed by atoms with E-state index in [1.807, 2.05) is 0 Å². The third-order valence-electron chi connectivity index (χ3n) is 3.74. The molecule has 0 radical (unpaired) electrons. The van der Waals surface area contributed by atoms with Crippen LogP contribution in [0, 0.1) is 21.4 Å². The van der Waals surface area contributed by atoms with Gasteiger partial charge in [-0.25, -0.2) is 4.98 Å². The summed E-state index contributed by atoms with van der Waals surface area (Å²) in [6.07, 6.45) is 1.29. The minimum atomic E-state index is -0.510. The Hall–Kier alpha value is -3.60. The molecule has 118 valence electrons. The lowest BCUT2D eigenvalue weighted by Gasteiger charge is -2.18. The molecule has 0 aliphatic carbocycles. The van der Waals surface area contributed by atoms with Crippen molar-refractivity contribution >= 4 is 11.3 Å². The SMILES string of the molecule is N#Cc1c(-c2ccc3c(c2)OCCO3)nc2ccc([N+](=O)[O-])cn12. The van der Waals surface area contributed by atoms with Gasteiger partial charge in [0, 0.05) is 11.6 Å². The van der Waals surface area contributed by atoms with Gasteiger partial charge in [0.05, 0.1) is 11.1 Å². The van der Waals surface area contributed by atoms with E-state index in [4.69, 9.17) is 9.47 Å². The fourth-order valence-electron chi connectivity index (χ4n) is 2.64. The lowest BCUT2D eigenvalue weighted by molar-refractivity contribution is -0.385. The highest BCUT2D eigenvalue weighted by Gasteiger charge is 2.19. The molecule has 0 saturated heterocycles. The molecule has 24 heavy (non-hydrogen) atoms. The molecule has 4 rings (SSSR count). The molecule has 8 heteroatoms. The number of nitriles is 1. The number of aromatic nitrogens is 2. The molecule has 3 heterocycles. The monoisotopic (exact) mass is 322 g/mol. The molecule has 0 fully saturated rings. The van der Waals surface area contributed by atoms with Gasteiger partial charge in [0.25, 0.3) is 5.69 Å². The van der Waals surface area contributed by atoms with Crippen LogP contribution in [0.1, 0.15) is 5.69 Å². The minimum absolute atomic E-state index is 0.106. The van der Waals surface area contributed by atoms with Crippen molar-refractivity contribution < 1.29 is 14.4 Å². The molecule has 0 unspecified atom stereocenters. The van der Waals surface area contributed by atoms with Gasteiger partial charge in [-0.1, -0.05) is 0 Å². The molecule has 8 nitrogen and oxygen atoms in total. The lowest BCUT2D eigenvalue weighted by atomic mass is 10.1. The number of hydrogen-bond acceptors (Lipinski definition) is 6. The maximum Gasteiger partial charge on any atom is 0.286 e. The smallest absolute Gasteiger partial charge is 0.286 e. The summed E-state index contributed by atoms with van der Waals surface area (Å²) in [5, 5.41) is 20.4. The van der Waals surface area contributed by atoms with Crippen LogP contribution in [0.15, 0.2) is 36.5 Å². The molecule has 0 saturated carbocycles. The second-order valence-electron chi connectivity index (χ2n) is 5.15. The predicted octanol–water partition coefficient (Wildman–Crippen LogP) is 2.55. The Balaban J connectivity index is 1.90. The van der Waals surface area contributed by atoms with E-state index in [1.165, 1.54) is 22.7 Å². The Morgan fingerprint density at radius 1 is 1.21 bits per heavy atom. The van der Waals surface area contributed by atoms with E-state index in [0.717, 1.165) is 0 Å². The van der Waals surface area contributed by atoms with E-state index < -0.39 is 4.92 Å². The summed E-state index contributed by atoms with van der Waals surface area (Å²) >= 11 is 0. The summed E-state index contributed by atoms with van der Waals surface area (Å²) in [7, 11) is 0. The topological polar surface area (TPSA) is 103 Å². The summed E-state index contributed by atoms with van der Waals surface area (Å²) in [6, 6.07) is 10.2. The first-order valence-electron chi connectivity index (χ1n) is 7.14. The van der Waals surface area contributed by atoms with E-state index in [9.17, 15) is 15.4 Å². The first kappa shape index (κ1) is 14.0. The van der Waals surface area contributed by atoms with Gasteiger partial charge in [-0.2, -0.15) is 5.26 Å². The Kier molecular flexibility index (Phi) is 3.06. The summed E-state index contributed by atoms with van der Waals surface area (Å²) in [5.41, 5.74) is 1.70. The summed E-state index contributed by atoms with van der Waals surface area (Å²) in [6.45, 7) is 0.951. The molecule has 0 amide bonds. The fourth-order valence-corrected chi connectivity index (χ4v) is 2.64. The highest BCUT2D eigenvalue weighted by Crippen LogP contribution is 2.35. The van der Waals surface area contributed by atoms with Crippen molar-refractivity contribution in [3.05, 3.63) is 52.3 Å². The number of pyridine rings is 1. The number of imidazole rings is 1. The molecule has 0 bridgehead atoms. The zero-order valence-electron chi connectivity index (χ0n) is 12.3. The van der Waals surface area contributed by atoms with Crippen molar-refractivity contribution in [1.82, 2.24) is 9.38 Å². The van der Waals surface area contributed by atoms with E-state index in [0.29, 0.717) is 41.6 Å². The second-order valence-corrected chi connectivity index (χ2v) is 5.15. The maximum atomic E-state index is 10.9. The molecule has 1 aliphatic rings. The number of hydrogen-bond donors (Lipinski definition) is 0. The van der Waals surface area contributed by atoms with Gasteiger partial charge in [-0.15, -0.1) is 0 Å². The third kappa shape index (κ3) is 2.11. The zero-order chi connectivity index (χ0) is 16.7. The maximum absolute atomic E-state index is 10.9. The average molecular weight is 322 g/mol. The molecule has 0 spiro atoms. The number of nitrogens with zero attached hydrogens (tertiary/aromatic N) is 4. The van der Waals surface area contributed by atoms with Gasteiger partial charge >= 0.3 is 0 Å². The molecule has 1 aromatic carbocycles. The van der Waals surface area contributed by atoms with E-state index in [1.54, 1.807) is 18.2 Å². The Bertz CT molecular complexity index is 1020. The van der Waals surface area contributed by atoms with Crippen LogP contribution in [-0.4, -0.2) is 27.5 Å². The third-order valence-corrected chi connectivity index (χ3v) is 3.74. The van der Waals surface area contributed by atoms with E-state index >= 15 is 0 Å². The Labute approximate surface area is 135 Å². The first-order chi connectivity index (χ1) is 11.7. The molecule has 0 atom stereocenters. The van der Waals surface area contributed by atoms with Gasteiger partial charge in [0.15, 0.2) is 17.2 Å². The molecule has 0 N–H and O–H groups in total. The van der Waals surface area contributed by atoms with Crippen LogP contribution < -0.4 is 9.47 Å². The van der Waals surface area contributed by atoms with Crippen LogP contribution in [-0.2, 0) is 0 Å². The normalized spacial score (nSPS) is 12.8. The molecular formula is C16H10N4O4. The number of benzene rings is 1. The fraction of sp³-hybridized carbons (Fsp3) is 0.125. The van der Waals surface area contributed by atoms with Crippen LogP contribution in [0.2, 0.25) is 0 Å². The van der Waals surface area contributed by atoms with Crippen molar-refractivity contribution in [2.75, 3.05) is 13.2 Å². The standard InChI is InChI=1S/C16H10N4O4/c17-8-12-16(10-1-3-13-14(7-10)24-6-5-23-13)18-15-4-2-11(20(21)22)9-19(12)15/h1-4,7,9H,5-6H2. The van der Waals surface area contributed by atoms with Crippen LogP contribution in [0.25, 0.3) is 16.9 Å². The van der Waals surface area contributed by atoms with Gasteiger partial charge < -0.3 is 9.47 Å². The number of ether oxygens (including phenoxy) is 2. The second kappa shape index (κ2) is 5.24. The summed E-state index contributed by atoms with van der Waals surface area (Å²) in [5.74, 6) is 1.23. The quantitative estimate of drug-likeness (QED) is 0.530. The number of nitro groups is 1. The van der Waals surface area contributed by atoms with Gasteiger partial charge in [-0.05, 0) is 24.3 Å². The van der Waals surface area contributed by atoms with Gasteiger partial charge in [0.2, 0.25) is 0 Å². The van der Waals surface area contributed by atoms with Crippen LogP contribution in [0.3, 0.4) is 0 Å². The van der Waals surface area contributed by atoms with Crippen molar-refractivity contribution in [2.45, 2.75) is 0 Å². The van der Waals surface area contributed by atoms with Gasteiger partial charge in [-0.3, -0.25) is 14.5 Å². The van der Waals surface area contributed by atoms with Crippen LogP contribution >= 0.6 is 0 Å². The van der Waals surface area contributed by atoms with Crippen molar-refractivity contribution in [1.29, 1.82) is 5.26 Å². The Morgan fingerprint density at radius 3 is 2.75 bits per heavy atom. The highest BCUT2D eigenvalue weighted by molar-refractivity contribution is 5.72. The lowest BCUT2D eigenvalue weighted by Crippen LogP contribution is -2.15. The average Bonchev–Trinajstić information content (AvgIpc) is 2.98. The first-order valence-corrected chi connectivity index (χ1v) is 7.14. The van der Waals surface area contributed by atoms with Crippen LogP contribution in [0.4, 0.5) is 5.69 Å². The Morgan fingerprint density at radius 2 is 2.00 bits per heavy atom. The molecule has 3 aromatic rings. The van der Waals surface area contributed by atoms with Crippen molar-refractivity contribution in [3.63, 3.8) is 0 Å². The summed E-state index contributed by atoms with van der Waals surface area (Å²) < 4.78 is 12.5. The van der Waals surface area contributed by atoms with E-state index in [2.05, 4.69) is 11.1 Å². The van der Waals surface area contributed by atoms with Crippen molar-refractivity contribution in [2.24, 2.45) is 0 Å².